The first kappa shape index (κ1) is 22.0. The van der Waals surface area contributed by atoms with E-state index in [-0.39, 0.29) is 29.3 Å². The SMILES string of the molecule is Cc1ccc(N2CCN(C[C@H]3C(=O)O[C@@H]4CC5=CCC[C@H](C)[C@@]5(C)[C@@H](O)[C@@H]43)CC2)cc1C. The zero-order chi connectivity index (χ0) is 22.6. The first-order chi connectivity index (χ1) is 15.3. The lowest BCUT2D eigenvalue weighted by Gasteiger charge is -2.52. The Morgan fingerprint density at radius 2 is 1.91 bits per heavy atom. The van der Waals surface area contributed by atoms with Gasteiger partial charge >= 0.3 is 5.97 Å². The molecule has 5 rings (SSSR count). The van der Waals surface area contributed by atoms with Crippen molar-refractivity contribution < 1.29 is 14.6 Å². The van der Waals surface area contributed by atoms with Crippen LogP contribution in [-0.4, -0.2) is 60.9 Å². The summed E-state index contributed by atoms with van der Waals surface area (Å²) in [5.74, 6) is 0.00102. The highest BCUT2D eigenvalue weighted by molar-refractivity contribution is 5.76. The van der Waals surface area contributed by atoms with Crippen molar-refractivity contribution in [2.45, 2.75) is 59.2 Å². The minimum Gasteiger partial charge on any atom is -0.461 e. The van der Waals surface area contributed by atoms with Crippen LogP contribution in [0.3, 0.4) is 0 Å². The fourth-order valence-corrected chi connectivity index (χ4v) is 6.66. The first-order valence-electron chi connectivity index (χ1n) is 12.4. The second kappa shape index (κ2) is 8.18. The van der Waals surface area contributed by atoms with Crippen LogP contribution in [-0.2, 0) is 9.53 Å². The largest absolute Gasteiger partial charge is 0.461 e. The van der Waals surface area contributed by atoms with Gasteiger partial charge in [0.15, 0.2) is 0 Å². The van der Waals surface area contributed by atoms with Crippen molar-refractivity contribution >= 4 is 11.7 Å². The number of carbonyl (C=O) groups is 1. The molecule has 5 heteroatoms. The predicted molar refractivity (Wildman–Crippen MR) is 127 cm³/mol. The van der Waals surface area contributed by atoms with Gasteiger partial charge in [-0.15, -0.1) is 0 Å². The molecule has 1 aromatic rings. The van der Waals surface area contributed by atoms with Crippen molar-refractivity contribution in [1.29, 1.82) is 0 Å². The highest BCUT2D eigenvalue weighted by Crippen LogP contribution is 2.56. The molecule has 0 radical (unpaired) electrons. The molecule has 2 saturated heterocycles. The summed E-state index contributed by atoms with van der Waals surface area (Å²) in [6.07, 6.45) is 4.59. The quantitative estimate of drug-likeness (QED) is 0.576. The topological polar surface area (TPSA) is 53.0 Å². The third-order valence-corrected chi connectivity index (χ3v) is 9.25. The standard InChI is InChI=1S/C27H38N2O3/c1-17-8-9-21(14-18(17)2)29-12-10-28(11-13-29)16-22-24-23(32-26(22)31)15-20-7-5-6-19(3)27(20,4)25(24)30/h7-9,14,19,22-25,30H,5-6,10-13,15-16H2,1-4H3/t19-,22+,23+,24+,25-,27+/m0/s1. The van der Waals surface area contributed by atoms with Crippen molar-refractivity contribution in [1.82, 2.24) is 4.90 Å². The second-order valence-corrected chi connectivity index (χ2v) is 10.9. The summed E-state index contributed by atoms with van der Waals surface area (Å²) < 4.78 is 5.86. The van der Waals surface area contributed by atoms with Gasteiger partial charge < -0.3 is 14.7 Å². The number of esters is 1. The Kier molecular flexibility index (Phi) is 5.61. The number of ether oxygens (including phenoxy) is 1. The average molecular weight is 439 g/mol. The van der Waals surface area contributed by atoms with Crippen LogP contribution >= 0.6 is 0 Å². The molecule has 0 aromatic heterocycles. The van der Waals surface area contributed by atoms with Crippen molar-refractivity contribution in [2.75, 3.05) is 37.6 Å². The van der Waals surface area contributed by atoms with E-state index < -0.39 is 6.10 Å². The van der Waals surface area contributed by atoms with Crippen LogP contribution in [0.4, 0.5) is 5.69 Å². The van der Waals surface area contributed by atoms with Crippen molar-refractivity contribution in [3.63, 3.8) is 0 Å². The number of hydrogen-bond acceptors (Lipinski definition) is 5. The monoisotopic (exact) mass is 438 g/mol. The maximum absolute atomic E-state index is 12.9. The number of hydrogen-bond donors (Lipinski definition) is 1. The van der Waals surface area contributed by atoms with Gasteiger partial charge in [0.2, 0.25) is 0 Å². The maximum atomic E-state index is 12.9. The molecule has 0 unspecified atom stereocenters. The van der Waals surface area contributed by atoms with Gasteiger partial charge in [0, 0.05) is 56.2 Å². The van der Waals surface area contributed by atoms with Gasteiger partial charge in [-0.2, -0.15) is 0 Å². The molecule has 32 heavy (non-hydrogen) atoms. The minimum atomic E-state index is -0.518. The van der Waals surface area contributed by atoms with E-state index in [4.69, 9.17) is 4.74 Å². The maximum Gasteiger partial charge on any atom is 0.311 e. The van der Waals surface area contributed by atoms with Gasteiger partial charge in [0.05, 0.1) is 12.0 Å². The Balaban J connectivity index is 1.27. The Morgan fingerprint density at radius 1 is 1.16 bits per heavy atom. The molecule has 3 fully saturated rings. The van der Waals surface area contributed by atoms with Gasteiger partial charge in [-0.25, -0.2) is 0 Å². The molecule has 1 N–H and O–H groups in total. The summed E-state index contributed by atoms with van der Waals surface area (Å²) in [6, 6.07) is 6.69. The number of aliphatic hydroxyl groups excluding tert-OH is 1. The predicted octanol–water partition coefficient (Wildman–Crippen LogP) is 3.71. The van der Waals surface area contributed by atoms with Gasteiger partial charge in [-0.05, 0) is 55.9 Å². The third kappa shape index (κ3) is 3.49. The number of allylic oxidation sites excluding steroid dienone is 1. The first-order valence-corrected chi connectivity index (χ1v) is 12.4. The Hall–Kier alpha value is -1.85. The molecule has 4 aliphatic rings. The molecule has 1 saturated carbocycles. The number of carbonyl (C=O) groups excluding carboxylic acids is 1. The van der Waals surface area contributed by atoms with E-state index in [2.05, 4.69) is 61.8 Å². The molecular formula is C27H38N2O3. The Labute approximate surface area is 192 Å². The molecular weight excluding hydrogens is 400 g/mol. The number of benzene rings is 1. The molecule has 0 bridgehead atoms. The van der Waals surface area contributed by atoms with Crippen LogP contribution in [0.25, 0.3) is 0 Å². The molecule has 0 amide bonds. The van der Waals surface area contributed by atoms with Gasteiger partial charge in [0.1, 0.15) is 6.10 Å². The fraction of sp³-hybridized carbons (Fsp3) is 0.667. The summed E-state index contributed by atoms with van der Waals surface area (Å²) in [4.78, 5) is 17.8. The molecule has 2 heterocycles. The molecule has 5 nitrogen and oxygen atoms in total. The van der Waals surface area contributed by atoms with Crippen LogP contribution in [0.15, 0.2) is 29.8 Å². The van der Waals surface area contributed by atoms with Crippen LogP contribution in [0.5, 0.6) is 0 Å². The summed E-state index contributed by atoms with van der Waals surface area (Å²) >= 11 is 0. The van der Waals surface area contributed by atoms with E-state index in [0.717, 1.165) is 45.4 Å². The van der Waals surface area contributed by atoms with Gasteiger partial charge in [-0.1, -0.05) is 31.6 Å². The number of nitrogens with zero attached hydrogens (tertiary/aromatic N) is 2. The average Bonchev–Trinajstić information content (AvgIpc) is 3.08. The molecule has 6 atom stereocenters. The number of aryl methyl sites for hydroxylation is 2. The van der Waals surface area contributed by atoms with E-state index in [9.17, 15) is 9.90 Å². The zero-order valence-electron chi connectivity index (χ0n) is 20.0. The second-order valence-electron chi connectivity index (χ2n) is 10.9. The summed E-state index contributed by atoms with van der Waals surface area (Å²) in [6.45, 7) is 13.3. The van der Waals surface area contributed by atoms with E-state index in [1.165, 1.54) is 22.4 Å². The lowest BCUT2D eigenvalue weighted by Crippen LogP contribution is -2.55. The number of piperazine rings is 1. The number of aliphatic hydroxyl groups is 1. The highest BCUT2D eigenvalue weighted by Gasteiger charge is 2.59. The fourth-order valence-electron chi connectivity index (χ4n) is 6.66. The lowest BCUT2D eigenvalue weighted by atomic mass is 9.55. The zero-order valence-corrected chi connectivity index (χ0v) is 20.0. The van der Waals surface area contributed by atoms with Crippen molar-refractivity contribution in [2.24, 2.45) is 23.2 Å². The summed E-state index contributed by atoms with van der Waals surface area (Å²) in [5, 5.41) is 11.6. The number of anilines is 1. The number of rotatable bonds is 3. The van der Waals surface area contributed by atoms with Crippen LogP contribution in [0, 0.1) is 37.0 Å². The Morgan fingerprint density at radius 3 is 2.62 bits per heavy atom. The molecule has 1 aromatic carbocycles. The van der Waals surface area contributed by atoms with E-state index in [1.807, 2.05) is 0 Å². The van der Waals surface area contributed by atoms with Crippen LogP contribution < -0.4 is 4.90 Å². The molecule has 0 spiro atoms. The van der Waals surface area contributed by atoms with Gasteiger partial charge in [-0.3, -0.25) is 9.69 Å². The summed E-state index contributed by atoms with van der Waals surface area (Å²) in [5.41, 5.74) is 5.02. The van der Waals surface area contributed by atoms with Crippen LogP contribution in [0.1, 0.15) is 44.2 Å². The van der Waals surface area contributed by atoms with E-state index >= 15 is 0 Å². The van der Waals surface area contributed by atoms with Crippen molar-refractivity contribution in [3.8, 4) is 0 Å². The molecule has 174 valence electrons. The van der Waals surface area contributed by atoms with E-state index in [1.54, 1.807) is 0 Å². The van der Waals surface area contributed by atoms with Crippen LogP contribution in [0.2, 0.25) is 0 Å². The van der Waals surface area contributed by atoms with E-state index in [0.29, 0.717) is 12.5 Å². The Bertz CT molecular complexity index is 919. The third-order valence-electron chi connectivity index (χ3n) is 9.25. The minimum absolute atomic E-state index is 0.0945. The van der Waals surface area contributed by atoms with Gasteiger partial charge in [0.25, 0.3) is 0 Å². The smallest absolute Gasteiger partial charge is 0.311 e. The molecule has 2 aliphatic heterocycles. The summed E-state index contributed by atoms with van der Waals surface area (Å²) in [7, 11) is 0. The van der Waals surface area contributed by atoms with Crippen molar-refractivity contribution in [3.05, 3.63) is 41.0 Å². The highest BCUT2D eigenvalue weighted by atomic mass is 16.6. The normalized spacial score (nSPS) is 37.5. The lowest BCUT2D eigenvalue weighted by molar-refractivity contribution is -0.145. The molecule has 2 aliphatic carbocycles. The number of fused-ring (bicyclic) bond motifs is 2.